The van der Waals surface area contributed by atoms with Crippen LogP contribution < -0.4 is 5.32 Å². The fourth-order valence-electron chi connectivity index (χ4n) is 1.76. The van der Waals surface area contributed by atoms with Crippen molar-refractivity contribution in [2.75, 3.05) is 7.11 Å². The molecule has 1 N–H and O–H groups in total. The fourth-order valence-corrected chi connectivity index (χ4v) is 1.92. The molecule has 3 nitrogen and oxygen atoms in total. The second-order valence-electron chi connectivity index (χ2n) is 4.50. The highest BCUT2D eigenvalue weighted by molar-refractivity contribution is 6.30. The third-order valence-electron chi connectivity index (χ3n) is 3.20. The molecule has 0 radical (unpaired) electrons. The Balaban J connectivity index is 2.73. The van der Waals surface area contributed by atoms with Crippen molar-refractivity contribution in [2.45, 2.75) is 32.9 Å². The van der Waals surface area contributed by atoms with Crippen LogP contribution in [0.4, 0.5) is 4.39 Å². The summed E-state index contributed by atoms with van der Waals surface area (Å²) in [7, 11) is 1.35. The normalized spacial score (nSPS) is 13.9. The Labute approximate surface area is 118 Å². The first-order chi connectivity index (χ1) is 8.99. The van der Waals surface area contributed by atoms with Crippen LogP contribution in [0.3, 0.4) is 0 Å². The molecule has 1 rings (SSSR count). The summed E-state index contributed by atoms with van der Waals surface area (Å²) in [6.07, 6.45) is 0.829. The average molecular weight is 288 g/mol. The lowest BCUT2D eigenvalue weighted by Crippen LogP contribution is -2.42. The molecular weight excluding hydrogens is 269 g/mol. The lowest BCUT2D eigenvalue weighted by Gasteiger charge is -2.22. The number of nitrogens with one attached hydrogen (secondary N) is 1. The molecular formula is C14H19ClFNO2. The Bertz CT molecular complexity index is 439. The van der Waals surface area contributed by atoms with Gasteiger partial charge in [-0.05, 0) is 18.1 Å². The van der Waals surface area contributed by atoms with Crippen LogP contribution in [0.1, 0.15) is 25.8 Å². The van der Waals surface area contributed by atoms with E-state index in [1.807, 2.05) is 13.8 Å². The molecule has 2 atom stereocenters. The molecule has 5 heteroatoms. The lowest BCUT2D eigenvalue weighted by atomic mass is 9.99. The first kappa shape index (κ1) is 15.9. The van der Waals surface area contributed by atoms with Crippen molar-refractivity contribution < 1.29 is 13.9 Å². The minimum absolute atomic E-state index is 0.114. The molecule has 0 aliphatic heterocycles. The molecule has 0 aliphatic carbocycles. The number of methoxy groups -OCH3 is 1. The van der Waals surface area contributed by atoms with Gasteiger partial charge in [0.15, 0.2) is 0 Å². The summed E-state index contributed by atoms with van der Waals surface area (Å²) in [4.78, 5) is 11.7. The molecule has 0 amide bonds. The summed E-state index contributed by atoms with van der Waals surface area (Å²) >= 11 is 5.69. The van der Waals surface area contributed by atoms with Gasteiger partial charge in [-0.2, -0.15) is 0 Å². The van der Waals surface area contributed by atoms with E-state index >= 15 is 0 Å². The van der Waals surface area contributed by atoms with Crippen molar-refractivity contribution in [3.8, 4) is 0 Å². The largest absolute Gasteiger partial charge is 0.468 e. The molecule has 0 bridgehead atoms. The molecule has 0 saturated heterocycles. The number of carbonyl (C=O) groups excluding carboxylic acids is 1. The maximum atomic E-state index is 13.6. The van der Waals surface area contributed by atoms with Gasteiger partial charge in [-0.15, -0.1) is 0 Å². The van der Waals surface area contributed by atoms with Crippen LogP contribution in [0.15, 0.2) is 18.2 Å². The van der Waals surface area contributed by atoms with Gasteiger partial charge in [0.1, 0.15) is 11.9 Å². The highest BCUT2D eigenvalue weighted by Gasteiger charge is 2.24. The number of esters is 1. The standard InChI is InChI=1S/C14H19ClFNO2/c1-4-9(2)13(14(18)19-3)17-8-10-5-6-11(15)7-12(10)16/h5-7,9,13,17H,4,8H2,1-3H3. The van der Waals surface area contributed by atoms with E-state index in [1.165, 1.54) is 13.2 Å². The average Bonchev–Trinajstić information content (AvgIpc) is 2.40. The first-order valence-corrected chi connectivity index (χ1v) is 6.62. The van der Waals surface area contributed by atoms with Crippen LogP contribution in [0.2, 0.25) is 5.02 Å². The Kier molecular flexibility index (Phi) is 6.25. The summed E-state index contributed by atoms with van der Waals surface area (Å²) in [5.41, 5.74) is 0.474. The van der Waals surface area contributed by atoms with Gasteiger partial charge >= 0.3 is 5.97 Å². The second-order valence-corrected chi connectivity index (χ2v) is 4.94. The molecule has 0 aromatic heterocycles. The smallest absolute Gasteiger partial charge is 0.323 e. The van der Waals surface area contributed by atoms with Crippen molar-refractivity contribution in [2.24, 2.45) is 5.92 Å². The number of rotatable bonds is 6. The molecule has 19 heavy (non-hydrogen) atoms. The van der Waals surface area contributed by atoms with Gasteiger partial charge in [-0.3, -0.25) is 10.1 Å². The number of ether oxygens (including phenoxy) is 1. The number of hydrogen-bond donors (Lipinski definition) is 1. The van der Waals surface area contributed by atoms with Gasteiger partial charge in [0.05, 0.1) is 7.11 Å². The van der Waals surface area contributed by atoms with Crippen LogP contribution in [-0.4, -0.2) is 19.1 Å². The molecule has 1 aromatic rings. The van der Waals surface area contributed by atoms with Crippen LogP contribution >= 0.6 is 11.6 Å². The van der Waals surface area contributed by atoms with Crippen molar-refractivity contribution >= 4 is 17.6 Å². The van der Waals surface area contributed by atoms with Gasteiger partial charge in [-0.1, -0.05) is 37.9 Å². The van der Waals surface area contributed by atoms with Gasteiger partial charge in [0, 0.05) is 17.1 Å². The van der Waals surface area contributed by atoms with Crippen LogP contribution in [0.25, 0.3) is 0 Å². The summed E-state index contributed by atoms with van der Waals surface area (Å²) in [6.45, 7) is 4.20. The molecule has 0 fully saturated rings. The van der Waals surface area contributed by atoms with E-state index in [4.69, 9.17) is 16.3 Å². The number of hydrogen-bond acceptors (Lipinski definition) is 3. The third kappa shape index (κ3) is 4.48. The van der Waals surface area contributed by atoms with E-state index in [0.29, 0.717) is 10.6 Å². The quantitative estimate of drug-likeness (QED) is 0.817. The van der Waals surface area contributed by atoms with Crippen LogP contribution in [0.5, 0.6) is 0 Å². The highest BCUT2D eigenvalue weighted by Crippen LogP contribution is 2.16. The summed E-state index contributed by atoms with van der Waals surface area (Å²) in [5.74, 6) is -0.598. The minimum Gasteiger partial charge on any atom is -0.468 e. The topological polar surface area (TPSA) is 38.3 Å². The monoisotopic (exact) mass is 287 g/mol. The molecule has 1 aromatic carbocycles. The van der Waals surface area contributed by atoms with Crippen molar-refractivity contribution in [3.63, 3.8) is 0 Å². The summed E-state index contributed by atoms with van der Waals surface area (Å²) in [5, 5.41) is 3.39. The second kappa shape index (κ2) is 7.46. The SMILES string of the molecule is CCC(C)C(NCc1ccc(Cl)cc1F)C(=O)OC. The predicted molar refractivity (Wildman–Crippen MR) is 73.5 cm³/mol. The maximum absolute atomic E-state index is 13.6. The van der Waals surface area contributed by atoms with E-state index in [-0.39, 0.29) is 24.2 Å². The van der Waals surface area contributed by atoms with E-state index in [9.17, 15) is 9.18 Å². The Hall–Kier alpha value is -1.13. The Morgan fingerprint density at radius 1 is 1.53 bits per heavy atom. The first-order valence-electron chi connectivity index (χ1n) is 6.24. The van der Waals surface area contributed by atoms with E-state index < -0.39 is 6.04 Å². The molecule has 2 unspecified atom stereocenters. The third-order valence-corrected chi connectivity index (χ3v) is 3.43. The minimum atomic E-state index is -0.440. The molecule has 0 spiro atoms. The fraction of sp³-hybridized carbons (Fsp3) is 0.500. The van der Waals surface area contributed by atoms with E-state index in [1.54, 1.807) is 12.1 Å². The number of benzene rings is 1. The van der Waals surface area contributed by atoms with Crippen molar-refractivity contribution in [1.29, 1.82) is 0 Å². The van der Waals surface area contributed by atoms with Crippen molar-refractivity contribution in [1.82, 2.24) is 5.32 Å². The van der Waals surface area contributed by atoms with E-state index in [0.717, 1.165) is 6.42 Å². The number of halogens is 2. The molecule has 0 saturated carbocycles. The zero-order chi connectivity index (χ0) is 14.4. The van der Waals surface area contributed by atoms with E-state index in [2.05, 4.69) is 5.32 Å². The summed E-state index contributed by atoms with van der Waals surface area (Å²) in [6, 6.07) is 4.05. The molecule has 0 heterocycles. The zero-order valence-electron chi connectivity index (χ0n) is 11.4. The molecule has 106 valence electrons. The molecule has 0 aliphatic rings. The van der Waals surface area contributed by atoms with Gasteiger partial charge in [0.25, 0.3) is 0 Å². The van der Waals surface area contributed by atoms with Gasteiger partial charge in [0.2, 0.25) is 0 Å². The predicted octanol–water partition coefficient (Wildman–Crippen LogP) is 3.16. The van der Waals surface area contributed by atoms with Crippen LogP contribution in [-0.2, 0) is 16.1 Å². The number of carbonyl (C=O) groups is 1. The zero-order valence-corrected chi connectivity index (χ0v) is 12.1. The summed E-state index contributed by atoms with van der Waals surface area (Å²) < 4.78 is 18.4. The highest BCUT2D eigenvalue weighted by atomic mass is 35.5. The van der Waals surface area contributed by atoms with Crippen LogP contribution in [0, 0.1) is 11.7 Å². The van der Waals surface area contributed by atoms with Crippen molar-refractivity contribution in [3.05, 3.63) is 34.6 Å². The van der Waals surface area contributed by atoms with Gasteiger partial charge in [-0.25, -0.2) is 4.39 Å². The van der Waals surface area contributed by atoms with Gasteiger partial charge < -0.3 is 4.74 Å². The Morgan fingerprint density at radius 2 is 2.21 bits per heavy atom. The maximum Gasteiger partial charge on any atom is 0.323 e. The lowest BCUT2D eigenvalue weighted by molar-refractivity contribution is -0.144. The Morgan fingerprint density at radius 3 is 2.74 bits per heavy atom.